The van der Waals surface area contributed by atoms with Gasteiger partial charge in [-0.1, -0.05) is 32.3 Å². The number of rotatable bonds is 5. The van der Waals surface area contributed by atoms with Gasteiger partial charge in [0, 0.05) is 25.2 Å². The van der Waals surface area contributed by atoms with Crippen LogP contribution in [0.2, 0.25) is 0 Å². The van der Waals surface area contributed by atoms with Crippen LogP contribution in [0, 0.1) is 6.92 Å². The third-order valence-corrected chi connectivity index (χ3v) is 6.56. The molecule has 23 heavy (non-hydrogen) atoms. The van der Waals surface area contributed by atoms with Crippen molar-refractivity contribution in [2.45, 2.75) is 63.8 Å². The maximum Gasteiger partial charge on any atom is 0.243 e. The normalized spacial score (nSPS) is 16.5. The second kappa shape index (κ2) is 7.45. The van der Waals surface area contributed by atoms with Crippen LogP contribution < -0.4 is 5.32 Å². The van der Waals surface area contributed by atoms with Gasteiger partial charge in [-0.05, 0) is 37.5 Å². The van der Waals surface area contributed by atoms with Crippen LogP contribution in [0.5, 0.6) is 0 Å². The summed E-state index contributed by atoms with van der Waals surface area (Å²) in [4.78, 5) is 11.5. The minimum absolute atomic E-state index is 0.0857. The number of hydrogen-bond donors (Lipinski definition) is 1. The van der Waals surface area contributed by atoms with E-state index in [1.54, 1.807) is 29.4 Å². The predicted octanol–water partition coefficient (Wildman–Crippen LogP) is 3.30. The fourth-order valence-electron chi connectivity index (χ4n) is 3.28. The van der Waals surface area contributed by atoms with E-state index in [4.69, 9.17) is 0 Å². The van der Waals surface area contributed by atoms with Crippen LogP contribution in [0.1, 0.15) is 51.5 Å². The molecule has 1 aliphatic carbocycles. The lowest BCUT2D eigenvalue weighted by Crippen LogP contribution is -2.41. The molecule has 1 N–H and O–H groups in total. The Labute approximate surface area is 139 Å². The van der Waals surface area contributed by atoms with Crippen LogP contribution >= 0.6 is 0 Å². The first kappa shape index (κ1) is 17.9. The topological polar surface area (TPSA) is 66.5 Å². The van der Waals surface area contributed by atoms with Gasteiger partial charge in [-0.2, -0.15) is 4.31 Å². The van der Waals surface area contributed by atoms with Crippen molar-refractivity contribution < 1.29 is 13.2 Å². The quantitative estimate of drug-likeness (QED) is 0.896. The highest BCUT2D eigenvalue weighted by atomic mass is 32.2. The molecule has 0 unspecified atom stereocenters. The van der Waals surface area contributed by atoms with Crippen molar-refractivity contribution in [2.75, 3.05) is 11.9 Å². The Balaban J connectivity index is 2.38. The van der Waals surface area contributed by atoms with Gasteiger partial charge in [0.15, 0.2) is 0 Å². The summed E-state index contributed by atoms with van der Waals surface area (Å²) in [5.74, 6) is -0.211. The zero-order valence-electron chi connectivity index (χ0n) is 14.1. The lowest BCUT2D eigenvalue weighted by Gasteiger charge is -2.33. The van der Waals surface area contributed by atoms with E-state index in [9.17, 15) is 13.2 Å². The summed E-state index contributed by atoms with van der Waals surface area (Å²) >= 11 is 0. The maximum atomic E-state index is 13.1. The van der Waals surface area contributed by atoms with Crippen LogP contribution in [-0.2, 0) is 14.8 Å². The smallest absolute Gasteiger partial charge is 0.243 e. The van der Waals surface area contributed by atoms with Crippen LogP contribution in [-0.4, -0.2) is 31.2 Å². The van der Waals surface area contributed by atoms with Gasteiger partial charge in [0.05, 0.1) is 4.90 Å². The maximum absolute atomic E-state index is 13.1. The van der Waals surface area contributed by atoms with E-state index in [1.807, 2.05) is 6.92 Å². The molecule has 128 valence electrons. The van der Waals surface area contributed by atoms with E-state index in [0.29, 0.717) is 17.8 Å². The van der Waals surface area contributed by atoms with Crippen molar-refractivity contribution >= 4 is 21.6 Å². The number of carbonyl (C=O) groups excluding carboxylic acids is 1. The van der Waals surface area contributed by atoms with Crippen LogP contribution in [0.4, 0.5) is 5.69 Å². The lowest BCUT2D eigenvalue weighted by atomic mass is 9.95. The number of aryl methyl sites for hydroxylation is 1. The van der Waals surface area contributed by atoms with Gasteiger partial charge in [-0.3, -0.25) is 4.79 Å². The second-order valence-corrected chi connectivity index (χ2v) is 8.02. The molecule has 0 radical (unpaired) electrons. The lowest BCUT2D eigenvalue weighted by molar-refractivity contribution is -0.114. The highest BCUT2D eigenvalue weighted by molar-refractivity contribution is 7.89. The number of amides is 1. The number of anilines is 1. The molecule has 2 rings (SSSR count). The van der Waals surface area contributed by atoms with Crippen molar-refractivity contribution in [1.29, 1.82) is 0 Å². The van der Waals surface area contributed by atoms with Gasteiger partial charge in [0.1, 0.15) is 0 Å². The van der Waals surface area contributed by atoms with E-state index in [1.165, 1.54) is 13.3 Å². The SMILES string of the molecule is CCN(C1CCCCC1)S(=O)(=O)c1cc(NC(C)=O)ccc1C. The van der Waals surface area contributed by atoms with Crippen LogP contribution in [0.3, 0.4) is 0 Å². The molecule has 1 aromatic rings. The first-order valence-corrected chi connectivity index (χ1v) is 9.70. The van der Waals surface area contributed by atoms with Gasteiger partial charge in [-0.25, -0.2) is 8.42 Å². The zero-order chi connectivity index (χ0) is 17.0. The molecule has 0 heterocycles. The molecule has 0 saturated heterocycles. The molecular formula is C17H26N2O3S. The summed E-state index contributed by atoms with van der Waals surface area (Å²) in [6.07, 6.45) is 5.21. The standard InChI is InChI=1S/C17H26N2O3S/c1-4-19(16-8-6-5-7-9-16)23(21,22)17-12-15(18-14(3)20)11-10-13(17)2/h10-12,16H,4-9H2,1-3H3,(H,18,20). The Morgan fingerprint density at radius 3 is 2.48 bits per heavy atom. The number of benzene rings is 1. The minimum Gasteiger partial charge on any atom is -0.326 e. The van der Waals surface area contributed by atoms with E-state index < -0.39 is 10.0 Å². The van der Waals surface area contributed by atoms with E-state index >= 15 is 0 Å². The largest absolute Gasteiger partial charge is 0.326 e. The molecule has 1 aliphatic rings. The average Bonchev–Trinajstić information content (AvgIpc) is 2.50. The molecule has 0 aromatic heterocycles. The summed E-state index contributed by atoms with van der Waals surface area (Å²) < 4.78 is 27.9. The summed E-state index contributed by atoms with van der Waals surface area (Å²) in [6, 6.07) is 5.12. The van der Waals surface area contributed by atoms with Crippen molar-refractivity contribution in [2.24, 2.45) is 0 Å². The number of hydrogen-bond acceptors (Lipinski definition) is 3. The molecule has 6 heteroatoms. The fraction of sp³-hybridized carbons (Fsp3) is 0.588. The number of nitrogens with zero attached hydrogens (tertiary/aromatic N) is 1. The highest BCUT2D eigenvalue weighted by Crippen LogP contribution is 2.30. The van der Waals surface area contributed by atoms with E-state index in [0.717, 1.165) is 25.7 Å². The first-order valence-electron chi connectivity index (χ1n) is 8.26. The van der Waals surface area contributed by atoms with Gasteiger partial charge in [0.25, 0.3) is 0 Å². The van der Waals surface area contributed by atoms with Crippen molar-refractivity contribution in [3.05, 3.63) is 23.8 Å². The number of nitrogens with one attached hydrogen (secondary N) is 1. The summed E-state index contributed by atoms with van der Waals surface area (Å²) in [6.45, 7) is 5.56. The van der Waals surface area contributed by atoms with Crippen molar-refractivity contribution in [1.82, 2.24) is 4.31 Å². The molecule has 0 spiro atoms. The molecule has 1 aromatic carbocycles. The molecule has 0 atom stereocenters. The van der Waals surface area contributed by atoms with Crippen LogP contribution in [0.15, 0.2) is 23.1 Å². The van der Waals surface area contributed by atoms with E-state index in [-0.39, 0.29) is 16.8 Å². The monoisotopic (exact) mass is 338 g/mol. The first-order chi connectivity index (χ1) is 10.9. The third kappa shape index (κ3) is 4.12. The molecule has 5 nitrogen and oxygen atoms in total. The Morgan fingerprint density at radius 2 is 1.91 bits per heavy atom. The average molecular weight is 338 g/mol. The van der Waals surface area contributed by atoms with Gasteiger partial charge < -0.3 is 5.32 Å². The predicted molar refractivity (Wildman–Crippen MR) is 91.9 cm³/mol. The molecule has 1 fully saturated rings. The van der Waals surface area contributed by atoms with Gasteiger partial charge in [-0.15, -0.1) is 0 Å². The van der Waals surface area contributed by atoms with Gasteiger partial charge in [0.2, 0.25) is 15.9 Å². The molecule has 0 aliphatic heterocycles. The zero-order valence-corrected chi connectivity index (χ0v) is 14.9. The summed E-state index contributed by atoms with van der Waals surface area (Å²) in [5, 5.41) is 2.66. The highest BCUT2D eigenvalue weighted by Gasteiger charge is 2.32. The fourth-order valence-corrected chi connectivity index (χ4v) is 5.23. The van der Waals surface area contributed by atoms with Gasteiger partial charge >= 0.3 is 0 Å². The second-order valence-electron chi connectivity index (χ2n) is 6.16. The Kier molecular flexibility index (Phi) is 5.81. The molecule has 1 saturated carbocycles. The van der Waals surface area contributed by atoms with E-state index in [2.05, 4.69) is 5.32 Å². The summed E-state index contributed by atoms with van der Waals surface area (Å²) in [7, 11) is -3.56. The molecule has 0 bridgehead atoms. The number of sulfonamides is 1. The van der Waals surface area contributed by atoms with Crippen molar-refractivity contribution in [3.8, 4) is 0 Å². The molecule has 1 amide bonds. The van der Waals surface area contributed by atoms with Crippen molar-refractivity contribution in [3.63, 3.8) is 0 Å². The Morgan fingerprint density at radius 1 is 1.26 bits per heavy atom. The number of carbonyl (C=O) groups is 1. The Bertz CT molecular complexity index is 664. The third-order valence-electron chi connectivity index (χ3n) is 4.39. The molecular weight excluding hydrogens is 312 g/mol. The van der Waals surface area contributed by atoms with Crippen LogP contribution in [0.25, 0.3) is 0 Å². The minimum atomic E-state index is -3.56. The summed E-state index contributed by atoms with van der Waals surface area (Å²) in [5.41, 5.74) is 1.22. The Hall–Kier alpha value is -1.40.